The Hall–Kier alpha value is -1.42. The molecule has 4 heteroatoms. The van der Waals surface area contributed by atoms with Crippen LogP contribution in [0.4, 0.5) is 0 Å². The van der Waals surface area contributed by atoms with E-state index in [0.29, 0.717) is 0 Å². The molecule has 2 rings (SSSR count). The van der Waals surface area contributed by atoms with E-state index in [2.05, 4.69) is 22.8 Å². The van der Waals surface area contributed by atoms with Crippen LogP contribution in [0.25, 0.3) is 10.9 Å². The first-order valence-electron chi connectivity index (χ1n) is 4.68. The van der Waals surface area contributed by atoms with E-state index in [1.807, 2.05) is 19.3 Å². The summed E-state index contributed by atoms with van der Waals surface area (Å²) >= 11 is 1.36. The summed E-state index contributed by atoms with van der Waals surface area (Å²) in [5, 5.41) is 8.61. The number of benzene rings is 1. The number of thioether (sulfide) groups is 1. The van der Waals surface area contributed by atoms with E-state index < -0.39 is 0 Å². The highest BCUT2D eigenvalue weighted by Crippen LogP contribution is 2.23. The van der Waals surface area contributed by atoms with Gasteiger partial charge in [-0.05, 0) is 17.7 Å². The third kappa shape index (κ3) is 1.99. The standard InChI is InChI=1S/C11H13N3S/c1-14-6-5-9-8(7-15-11(12)13)3-2-4-10(9)14/h2-6H,7H2,1H3,(H3,12,13). The number of rotatable bonds is 2. The van der Waals surface area contributed by atoms with Gasteiger partial charge in [-0.1, -0.05) is 23.9 Å². The predicted octanol–water partition coefficient (Wildman–Crippen LogP) is 2.30. The highest BCUT2D eigenvalue weighted by molar-refractivity contribution is 8.13. The fraction of sp³-hybridized carbons (Fsp3) is 0.182. The fourth-order valence-electron chi connectivity index (χ4n) is 1.65. The van der Waals surface area contributed by atoms with Gasteiger partial charge in [0.25, 0.3) is 0 Å². The van der Waals surface area contributed by atoms with Crippen molar-refractivity contribution in [1.29, 1.82) is 5.41 Å². The second kappa shape index (κ2) is 3.98. The summed E-state index contributed by atoms with van der Waals surface area (Å²) in [4.78, 5) is 0. The molecule has 1 heterocycles. The zero-order chi connectivity index (χ0) is 10.8. The minimum absolute atomic E-state index is 0.169. The Labute approximate surface area is 92.8 Å². The van der Waals surface area contributed by atoms with Crippen LogP contribution in [0, 0.1) is 5.41 Å². The average Bonchev–Trinajstić information content (AvgIpc) is 2.58. The van der Waals surface area contributed by atoms with Crippen molar-refractivity contribution in [2.45, 2.75) is 5.75 Å². The number of hydrogen-bond acceptors (Lipinski definition) is 2. The monoisotopic (exact) mass is 219 g/mol. The van der Waals surface area contributed by atoms with E-state index in [4.69, 9.17) is 11.1 Å². The summed E-state index contributed by atoms with van der Waals surface area (Å²) in [6.45, 7) is 0. The van der Waals surface area contributed by atoms with Gasteiger partial charge < -0.3 is 10.3 Å². The normalized spacial score (nSPS) is 10.7. The molecule has 78 valence electrons. The first-order chi connectivity index (χ1) is 7.18. The maximum Gasteiger partial charge on any atom is 0.151 e. The lowest BCUT2D eigenvalue weighted by atomic mass is 10.1. The fourth-order valence-corrected chi connectivity index (χ4v) is 2.21. The second-order valence-electron chi connectivity index (χ2n) is 3.43. The molecule has 1 aromatic heterocycles. The van der Waals surface area contributed by atoms with Crippen molar-refractivity contribution in [2.75, 3.05) is 0 Å². The van der Waals surface area contributed by atoms with Gasteiger partial charge in [-0.15, -0.1) is 0 Å². The molecule has 0 aliphatic heterocycles. The Balaban J connectivity index is 2.38. The molecule has 0 unspecified atom stereocenters. The Bertz CT molecular complexity index is 502. The van der Waals surface area contributed by atoms with Crippen LogP contribution < -0.4 is 5.73 Å². The lowest BCUT2D eigenvalue weighted by Crippen LogP contribution is -2.03. The van der Waals surface area contributed by atoms with Gasteiger partial charge in [-0.2, -0.15) is 0 Å². The minimum Gasteiger partial charge on any atom is -0.379 e. The lowest BCUT2D eigenvalue weighted by Gasteiger charge is -2.03. The lowest BCUT2D eigenvalue weighted by molar-refractivity contribution is 0.969. The number of aryl methyl sites for hydroxylation is 1. The van der Waals surface area contributed by atoms with Crippen LogP contribution in [0.1, 0.15) is 5.56 Å². The largest absolute Gasteiger partial charge is 0.379 e. The van der Waals surface area contributed by atoms with Gasteiger partial charge in [-0.3, -0.25) is 5.41 Å². The van der Waals surface area contributed by atoms with Crippen molar-refractivity contribution in [2.24, 2.45) is 12.8 Å². The predicted molar refractivity (Wildman–Crippen MR) is 66.1 cm³/mol. The van der Waals surface area contributed by atoms with Crippen molar-refractivity contribution in [1.82, 2.24) is 4.57 Å². The number of fused-ring (bicyclic) bond motifs is 1. The highest BCUT2D eigenvalue weighted by Gasteiger charge is 2.03. The van der Waals surface area contributed by atoms with Gasteiger partial charge in [0.2, 0.25) is 0 Å². The number of amidine groups is 1. The molecule has 0 fully saturated rings. The molecule has 0 saturated heterocycles. The van der Waals surface area contributed by atoms with Gasteiger partial charge in [0.05, 0.1) is 0 Å². The molecule has 0 aliphatic carbocycles. The summed E-state index contributed by atoms with van der Waals surface area (Å²) in [6, 6.07) is 8.32. The van der Waals surface area contributed by atoms with E-state index in [0.717, 1.165) is 5.75 Å². The molecule has 2 aromatic rings. The third-order valence-corrected chi connectivity index (χ3v) is 3.17. The van der Waals surface area contributed by atoms with Gasteiger partial charge >= 0.3 is 0 Å². The molecule has 3 nitrogen and oxygen atoms in total. The van der Waals surface area contributed by atoms with Gasteiger partial charge in [0.15, 0.2) is 5.17 Å². The molecule has 0 bridgehead atoms. The number of hydrogen-bond donors (Lipinski definition) is 2. The van der Waals surface area contributed by atoms with E-state index in [1.54, 1.807) is 0 Å². The molecule has 0 aliphatic rings. The average molecular weight is 219 g/mol. The van der Waals surface area contributed by atoms with E-state index >= 15 is 0 Å². The molecule has 0 atom stereocenters. The zero-order valence-corrected chi connectivity index (χ0v) is 9.34. The summed E-state index contributed by atoms with van der Waals surface area (Å²) in [5.74, 6) is 0.761. The Morgan fingerprint density at radius 1 is 1.47 bits per heavy atom. The van der Waals surface area contributed by atoms with E-state index in [9.17, 15) is 0 Å². The number of nitrogens with two attached hydrogens (primary N) is 1. The maximum absolute atomic E-state index is 7.19. The van der Waals surface area contributed by atoms with Crippen molar-refractivity contribution in [3.05, 3.63) is 36.0 Å². The SMILES string of the molecule is Cn1ccc2c(CSC(=N)N)cccc21. The van der Waals surface area contributed by atoms with E-state index in [-0.39, 0.29) is 5.17 Å². The Kier molecular flexibility index (Phi) is 2.68. The molecule has 0 radical (unpaired) electrons. The molecular weight excluding hydrogens is 206 g/mol. The van der Waals surface area contributed by atoms with E-state index in [1.165, 1.54) is 28.2 Å². The quantitative estimate of drug-likeness (QED) is 0.601. The molecular formula is C11H13N3S. The molecule has 15 heavy (non-hydrogen) atoms. The summed E-state index contributed by atoms with van der Waals surface area (Å²) in [6.07, 6.45) is 2.05. The van der Waals surface area contributed by atoms with Crippen molar-refractivity contribution in [3.63, 3.8) is 0 Å². The molecule has 0 spiro atoms. The summed E-state index contributed by atoms with van der Waals surface area (Å²) in [7, 11) is 2.03. The van der Waals surface area contributed by atoms with Crippen LogP contribution in [0.3, 0.4) is 0 Å². The highest BCUT2D eigenvalue weighted by atomic mass is 32.2. The first kappa shape index (κ1) is 10.1. The van der Waals surface area contributed by atoms with Crippen molar-refractivity contribution in [3.8, 4) is 0 Å². The van der Waals surface area contributed by atoms with Crippen LogP contribution in [0.15, 0.2) is 30.5 Å². The maximum atomic E-state index is 7.19. The number of nitrogens with zero attached hydrogens (tertiary/aromatic N) is 1. The smallest absolute Gasteiger partial charge is 0.151 e. The second-order valence-corrected chi connectivity index (χ2v) is 4.45. The minimum atomic E-state index is 0.169. The van der Waals surface area contributed by atoms with Crippen molar-refractivity contribution >= 4 is 27.8 Å². The molecule has 0 saturated carbocycles. The topological polar surface area (TPSA) is 54.8 Å². The van der Waals surface area contributed by atoms with Crippen LogP contribution in [-0.4, -0.2) is 9.73 Å². The third-order valence-electron chi connectivity index (χ3n) is 2.40. The van der Waals surface area contributed by atoms with Crippen LogP contribution in [0.2, 0.25) is 0 Å². The Morgan fingerprint density at radius 3 is 3.00 bits per heavy atom. The zero-order valence-electron chi connectivity index (χ0n) is 8.53. The van der Waals surface area contributed by atoms with Gasteiger partial charge in [0.1, 0.15) is 0 Å². The summed E-state index contributed by atoms with van der Waals surface area (Å²) in [5.41, 5.74) is 7.78. The van der Waals surface area contributed by atoms with Crippen LogP contribution >= 0.6 is 11.8 Å². The number of aromatic nitrogens is 1. The van der Waals surface area contributed by atoms with Crippen LogP contribution in [0.5, 0.6) is 0 Å². The first-order valence-corrected chi connectivity index (χ1v) is 5.67. The molecule has 1 aromatic carbocycles. The van der Waals surface area contributed by atoms with Gasteiger partial charge in [-0.25, -0.2) is 0 Å². The molecule has 3 N–H and O–H groups in total. The Morgan fingerprint density at radius 2 is 2.27 bits per heavy atom. The molecule has 0 amide bonds. The van der Waals surface area contributed by atoms with Crippen molar-refractivity contribution < 1.29 is 0 Å². The summed E-state index contributed by atoms with van der Waals surface area (Å²) < 4.78 is 2.09. The van der Waals surface area contributed by atoms with Gasteiger partial charge in [0, 0.05) is 29.9 Å². The van der Waals surface area contributed by atoms with Crippen LogP contribution in [-0.2, 0) is 12.8 Å². The number of nitrogens with one attached hydrogen (secondary N) is 1.